The summed E-state index contributed by atoms with van der Waals surface area (Å²) in [5.41, 5.74) is 5.48. The van der Waals surface area contributed by atoms with Gasteiger partial charge in [-0.3, -0.25) is 4.79 Å². The van der Waals surface area contributed by atoms with Gasteiger partial charge in [-0.05, 0) is 55.7 Å². The Labute approximate surface area is 179 Å². The van der Waals surface area contributed by atoms with Gasteiger partial charge in [0.2, 0.25) is 5.91 Å². The van der Waals surface area contributed by atoms with Crippen LogP contribution in [-0.4, -0.2) is 25.5 Å². The van der Waals surface area contributed by atoms with E-state index in [4.69, 9.17) is 0 Å². The number of fused-ring (bicyclic) bond motifs is 1. The monoisotopic (exact) mass is 407 g/mol. The smallest absolute Gasteiger partial charge is 0.252 e. The van der Waals surface area contributed by atoms with Crippen molar-refractivity contribution < 1.29 is 4.79 Å². The Kier molecular flexibility index (Phi) is 7.19. The average molecular weight is 408 g/mol. The van der Waals surface area contributed by atoms with Gasteiger partial charge in [0.15, 0.2) is 0 Å². The number of aromatic nitrogens is 4. The zero-order valence-electron chi connectivity index (χ0n) is 18.8. The van der Waals surface area contributed by atoms with Crippen LogP contribution in [0.15, 0.2) is 30.6 Å². The van der Waals surface area contributed by atoms with Crippen LogP contribution < -0.4 is 5.32 Å². The molecule has 0 aliphatic carbocycles. The Hall–Kier alpha value is -2.76. The topological polar surface area (TPSA) is 72.2 Å². The summed E-state index contributed by atoms with van der Waals surface area (Å²) >= 11 is 0. The lowest BCUT2D eigenvalue weighted by Gasteiger charge is -2.23. The zero-order valence-corrected chi connectivity index (χ0v) is 18.8. The van der Waals surface area contributed by atoms with Crippen LogP contribution in [0.3, 0.4) is 0 Å². The van der Waals surface area contributed by atoms with Gasteiger partial charge in [0.05, 0.1) is 6.04 Å². The van der Waals surface area contributed by atoms with Gasteiger partial charge >= 0.3 is 0 Å². The summed E-state index contributed by atoms with van der Waals surface area (Å²) in [5.74, 6) is 0.966. The van der Waals surface area contributed by atoms with Gasteiger partial charge < -0.3 is 5.32 Å². The summed E-state index contributed by atoms with van der Waals surface area (Å²) in [5, 5.41) is 7.47. The summed E-state index contributed by atoms with van der Waals surface area (Å²) in [7, 11) is 0. The van der Waals surface area contributed by atoms with Crippen molar-refractivity contribution in [3.05, 3.63) is 58.7 Å². The van der Waals surface area contributed by atoms with Crippen LogP contribution in [0.5, 0.6) is 0 Å². The van der Waals surface area contributed by atoms with Gasteiger partial charge in [-0.1, -0.05) is 51.5 Å². The summed E-state index contributed by atoms with van der Waals surface area (Å²) in [6.45, 7) is 10.5. The SMILES string of the molecule is CCCCc1ccc(C(NC(=O)CCc2c(C)nc3ncnn3c2C)C(C)C)cc1. The van der Waals surface area contributed by atoms with E-state index in [0.717, 1.165) is 28.9 Å². The number of carbonyl (C=O) groups is 1. The number of amides is 1. The van der Waals surface area contributed by atoms with E-state index in [2.05, 4.69) is 65.4 Å². The van der Waals surface area contributed by atoms with Gasteiger partial charge in [-0.15, -0.1) is 0 Å². The number of carbonyl (C=O) groups excluding carboxylic acids is 1. The Bertz CT molecular complexity index is 991. The summed E-state index contributed by atoms with van der Waals surface area (Å²) in [4.78, 5) is 21.4. The Balaban J connectivity index is 1.66. The molecule has 1 aromatic carbocycles. The quantitative estimate of drug-likeness (QED) is 0.566. The van der Waals surface area contributed by atoms with Crippen molar-refractivity contribution in [2.45, 2.75) is 72.8 Å². The molecule has 2 aromatic heterocycles. The van der Waals surface area contributed by atoms with E-state index in [1.165, 1.54) is 24.7 Å². The molecule has 2 heterocycles. The molecule has 0 aliphatic rings. The number of unbranched alkanes of at least 4 members (excludes halogenated alkanes) is 1. The van der Waals surface area contributed by atoms with Gasteiger partial charge in [0.1, 0.15) is 6.33 Å². The molecule has 1 unspecified atom stereocenters. The molecule has 6 nitrogen and oxygen atoms in total. The third-order valence-electron chi connectivity index (χ3n) is 5.73. The molecule has 3 aromatic rings. The van der Waals surface area contributed by atoms with E-state index in [1.54, 1.807) is 4.52 Å². The van der Waals surface area contributed by atoms with Crippen LogP contribution >= 0.6 is 0 Å². The number of nitrogens with zero attached hydrogens (tertiary/aromatic N) is 4. The van der Waals surface area contributed by atoms with Crippen LogP contribution in [-0.2, 0) is 17.6 Å². The molecule has 0 spiro atoms. The van der Waals surface area contributed by atoms with Crippen molar-refractivity contribution in [3.63, 3.8) is 0 Å². The predicted molar refractivity (Wildman–Crippen MR) is 119 cm³/mol. The second-order valence-electron chi connectivity index (χ2n) is 8.37. The lowest BCUT2D eigenvalue weighted by molar-refractivity contribution is -0.122. The number of rotatable bonds is 9. The highest BCUT2D eigenvalue weighted by Gasteiger charge is 2.19. The van der Waals surface area contributed by atoms with Crippen molar-refractivity contribution in [2.75, 3.05) is 0 Å². The van der Waals surface area contributed by atoms with Gasteiger partial charge in [0.25, 0.3) is 5.78 Å². The number of benzene rings is 1. The second-order valence-corrected chi connectivity index (χ2v) is 8.37. The molecule has 0 fully saturated rings. The highest BCUT2D eigenvalue weighted by molar-refractivity contribution is 5.76. The van der Waals surface area contributed by atoms with E-state index in [1.807, 2.05) is 13.8 Å². The molecule has 0 saturated heterocycles. The zero-order chi connectivity index (χ0) is 21.7. The molecular weight excluding hydrogens is 374 g/mol. The number of nitrogens with one attached hydrogen (secondary N) is 1. The van der Waals surface area contributed by atoms with Gasteiger partial charge in [0, 0.05) is 17.8 Å². The minimum Gasteiger partial charge on any atom is -0.349 e. The third kappa shape index (κ3) is 5.04. The maximum absolute atomic E-state index is 12.8. The maximum atomic E-state index is 12.8. The van der Waals surface area contributed by atoms with Crippen molar-refractivity contribution in [3.8, 4) is 0 Å². The van der Waals surface area contributed by atoms with Crippen LogP contribution in [0, 0.1) is 19.8 Å². The Morgan fingerprint density at radius 2 is 1.87 bits per heavy atom. The van der Waals surface area contributed by atoms with Crippen molar-refractivity contribution in [2.24, 2.45) is 5.92 Å². The van der Waals surface area contributed by atoms with Crippen LogP contribution in [0.1, 0.15) is 74.2 Å². The van der Waals surface area contributed by atoms with Crippen molar-refractivity contribution >= 4 is 11.7 Å². The highest BCUT2D eigenvalue weighted by Crippen LogP contribution is 2.23. The molecule has 0 bridgehead atoms. The predicted octanol–water partition coefficient (Wildman–Crippen LogP) is 4.53. The first kappa shape index (κ1) is 21.9. The van der Waals surface area contributed by atoms with Crippen LogP contribution in [0.2, 0.25) is 0 Å². The van der Waals surface area contributed by atoms with Gasteiger partial charge in [-0.25, -0.2) is 9.50 Å². The first-order valence-electron chi connectivity index (χ1n) is 10.9. The van der Waals surface area contributed by atoms with Crippen LogP contribution in [0.25, 0.3) is 5.78 Å². The van der Waals surface area contributed by atoms with E-state index in [-0.39, 0.29) is 11.9 Å². The van der Waals surface area contributed by atoms with Crippen molar-refractivity contribution in [1.82, 2.24) is 24.9 Å². The molecule has 6 heteroatoms. The first-order chi connectivity index (χ1) is 14.4. The first-order valence-corrected chi connectivity index (χ1v) is 10.9. The molecule has 1 N–H and O–H groups in total. The average Bonchev–Trinajstić information content (AvgIpc) is 3.19. The molecule has 3 rings (SSSR count). The fourth-order valence-corrected chi connectivity index (χ4v) is 3.91. The fraction of sp³-hybridized carbons (Fsp3) is 0.500. The molecule has 30 heavy (non-hydrogen) atoms. The number of hydrogen-bond donors (Lipinski definition) is 1. The summed E-state index contributed by atoms with van der Waals surface area (Å²) < 4.78 is 1.73. The standard InChI is InChI=1S/C24H33N5O/c1-6-7-8-19-9-11-20(12-10-19)23(16(2)3)28-22(30)14-13-21-17(4)27-24-25-15-26-29(24)18(21)5/h9-12,15-16,23H,6-8,13-14H2,1-5H3,(H,28,30). The minimum absolute atomic E-state index is 0.0100. The maximum Gasteiger partial charge on any atom is 0.252 e. The second kappa shape index (κ2) is 9.83. The van der Waals surface area contributed by atoms with E-state index < -0.39 is 0 Å². The molecule has 1 amide bonds. The molecule has 0 aliphatic heterocycles. The molecule has 160 valence electrons. The summed E-state index contributed by atoms with van der Waals surface area (Å²) in [6, 6.07) is 8.71. The molecule has 0 radical (unpaired) electrons. The Morgan fingerprint density at radius 1 is 1.13 bits per heavy atom. The van der Waals surface area contributed by atoms with E-state index >= 15 is 0 Å². The summed E-state index contributed by atoms with van der Waals surface area (Å²) in [6.07, 6.45) is 6.07. The number of aryl methyl sites for hydroxylation is 3. The normalized spacial score (nSPS) is 12.5. The largest absolute Gasteiger partial charge is 0.349 e. The molecular formula is C24H33N5O. The lowest BCUT2D eigenvalue weighted by atomic mass is 9.94. The minimum atomic E-state index is 0.0100. The van der Waals surface area contributed by atoms with Crippen molar-refractivity contribution in [1.29, 1.82) is 0 Å². The van der Waals surface area contributed by atoms with E-state index in [0.29, 0.717) is 24.5 Å². The lowest BCUT2D eigenvalue weighted by Crippen LogP contribution is -2.32. The highest BCUT2D eigenvalue weighted by atomic mass is 16.1. The van der Waals surface area contributed by atoms with Crippen LogP contribution in [0.4, 0.5) is 0 Å². The molecule has 1 atom stereocenters. The molecule has 0 saturated carbocycles. The number of hydrogen-bond acceptors (Lipinski definition) is 4. The fourth-order valence-electron chi connectivity index (χ4n) is 3.91. The van der Waals surface area contributed by atoms with Gasteiger partial charge in [-0.2, -0.15) is 10.1 Å². The van der Waals surface area contributed by atoms with E-state index in [9.17, 15) is 4.79 Å². The third-order valence-corrected chi connectivity index (χ3v) is 5.73. The Morgan fingerprint density at radius 3 is 2.53 bits per heavy atom.